The van der Waals surface area contributed by atoms with Crippen molar-refractivity contribution in [2.75, 3.05) is 0 Å². The van der Waals surface area contributed by atoms with Crippen molar-refractivity contribution < 1.29 is 4.79 Å². The zero-order chi connectivity index (χ0) is 10.4. The first-order chi connectivity index (χ1) is 6.72. The molecule has 1 aliphatic rings. The molecule has 0 amide bonds. The minimum Gasteiger partial charge on any atom is -0.303 e. The summed E-state index contributed by atoms with van der Waals surface area (Å²) in [6.07, 6.45) is 11.1. The molecule has 78 valence electrons. The molecular formula is C13H20O. The number of carbonyl (C=O) groups is 1. The predicted molar refractivity (Wildman–Crippen MR) is 60.2 cm³/mol. The maximum absolute atomic E-state index is 10.5. The van der Waals surface area contributed by atoms with Gasteiger partial charge in [0.25, 0.3) is 0 Å². The summed E-state index contributed by atoms with van der Waals surface area (Å²) < 4.78 is 0. The van der Waals surface area contributed by atoms with Crippen LogP contribution in [0.4, 0.5) is 0 Å². The number of hydrogen-bond donors (Lipinski definition) is 0. The Morgan fingerprint density at radius 2 is 2.36 bits per heavy atom. The van der Waals surface area contributed by atoms with E-state index in [4.69, 9.17) is 0 Å². The van der Waals surface area contributed by atoms with Crippen molar-refractivity contribution in [2.45, 2.75) is 46.0 Å². The fourth-order valence-electron chi connectivity index (χ4n) is 1.81. The van der Waals surface area contributed by atoms with Gasteiger partial charge in [0, 0.05) is 5.92 Å². The first kappa shape index (κ1) is 11.2. The van der Waals surface area contributed by atoms with Crippen LogP contribution in [0.25, 0.3) is 0 Å². The fraction of sp³-hybridized carbons (Fsp3) is 0.615. The molecule has 1 nitrogen and oxygen atoms in total. The van der Waals surface area contributed by atoms with Crippen LogP contribution in [0.5, 0.6) is 0 Å². The molecule has 0 fully saturated rings. The zero-order valence-corrected chi connectivity index (χ0v) is 9.25. The summed E-state index contributed by atoms with van der Waals surface area (Å²) in [5, 5.41) is 0. The van der Waals surface area contributed by atoms with E-state index in [0.29, 0.717) is 5.92 Å². The van der Waals surface area contributed by atoms with Gasteiger partial charge in [0.1, 0.15) is 6.29 Å². The van der Waals surface area contributed by atoms with Gasteiger partial charge in [-0.15, -0.1) is 0 Å². The summed E-state index contributed by atoms with van der Waals surface area (Å²) >= 11 is 0. The maximum Gasteiger partial charge on any atom is 0.123 e. The third kappa shape index (κ3) is 3.91. The van der Waals surface area contributed by atoms with Gasteiger partial charge in [0.05, 0.1) is 0 Å². The molecule has 0 aromatic rings. The quantitative estimate of drug-likeness (QED) is 0.491. The largest absolute Gasteiger partial charge is 0.303 e. The van der Waals surface area contributed by atoms with Gasteiger partial charge in [-0.25, -0.2) is 0 Å². The van der Waals surface area contributed by atoms with Crippen LogP contribution < -0.4 is 0 Å². The molecular weight excluding hydrogens is 172 g/mol. The number of aldehydes is 1. The Balaban J connectivity index is 2.30. The third-order valence-corrected chi connectivity index (χ3v) is 2.76. The number of hydrogen-bond acceptors (Lipinski definition) is 1. The van der Waals surface area contributed by atoms with Crippen molar-refractivity contribution in [2.24, 2.45) is 5.92 Å². The molecule has 0 saturated heterocycles. The molecule has 0 saturated carbocycles. The lowest BCUT2D eigenvalue weighted by Gasteiger charge is -2.16. The topological polar surface area (TPSA) is 17.1 Å². The summed E-state index contributed by atoms with van der Waals surface area (Å²) in [6, 6.07) is 0. The summed E-state index contributed by atoms with van der Waals surface area (Å²) in [5.74, 6) is 0.294. The van der Waals surface area contributed by atoms with Crippen LogP contribution in [0.2, 0.25) is 0 Å². The molecule has 1 heteroatoms. The Morgan fingerprint density at radius 1 is 1.57 bits per heavy atom. The average Bonchev–Trinajstić information content (AvgIpc) is 2.18. The van der Waals surface area contributed by atoms with E-state index in [9.17, 15) is 4.79 Å². The van der Waals surface area contributed by atoms with E-state index in [-0.39, 0.29) is 0 Å². The third-order valence-electron chi connectivity index (χ3n) is 2.76. The molecule has 0 spiro atoms. The van der Waals surface area contributed by atoms with E-state index < -0.39 is 0 Å². The van der Waals surface area contributed by atoms with Gasteiger partial charge >= 0.3 is 0 Å². The zero-order valence-electron chi connectivity index (χ0n) is 9.25. The van der Waals surface area contributed by atoms with Crippen molar-refractivity contribution in [1.82, 2.24) is 0 Å². The van der Waals surface area contributed by atoms with Gasteiger partial charge in [-0.3, -0.25) is 0 Å². The van der Waals surface area contributed by atoms with Gasteiger partial charge in [0.2, 0.25) is 0 Å². The van der Waals surface area contributed by atoms with Gasteiger partial charge in [0.15, 0.2) is 0 Å². The minimum atomic E-state index is 0.294. The van der Waals surface area contributed by atoms with Gasteiger partial charge in [-0.2, -0.15) is 0 Å². The first-order valence-corrected chi connectivity index (χ1v) is 5.49. The standard InChI is InChI=1S/C13H20O/c1-11(2)4-3-5-12-6-8-13(10-14)9-7-12/h4,6,10,13H,3,5,7-9H2,1-2H3/t13-/m1/s1. The smallest absolute Gasteiger partial charge is 0.123 e. The van der Waals surface area contributed by atoms with E-state index in [0.717, 1.165) is 32.0 Å². The molecule has 0 radical (unpaired) electrons. The van der Waals surface area contributed by atoms with E-state index in [1.807, 2.05) is 0 Å². The normalized spacial score (nSPS) is 21.3. The Labute approximate surface area is 86.9 Å². The average molecular weight is 192 g/mol. The number of allylic oxidation sites excluding steroid dienone is 4. The maximum atomic E-state index is 10.5. The molecule has 1 atom stereocenters. The van der Waals surface area contributed by atoms with E-state index in [1.54, 1.807) is 5.57 Å². The molecule has 0 aromatic heterocycles. The minimum absolute atomic E-state index is 0.294. The second-order valence-electron chi connectivity index (χ2n) is 4.35. The van der Waals surface area contributed by atoms with Crippen LogP contribution in [-0.2, 0) is 4.79 Å². The van der Waals surface area contributed by atoms with Crippen LogP contribution in [0, 0.1) is 5.92 Å². The van der Waals surface area contributed by atoms with Crippen molar-refractivity contribution in [1.29, 1.82) is 0 Å². The van der Waals surface area contributed by atoms with Crippen molar-refractivity contribution in [3.05, 3.63) is 23.3 Å². The predicted octanol–water partition coefficient (Wildman–Crippen LogP) is 3.66. The van der Waals surface area contributed by atoms with Gasteiger partial charge in [-0.05, 0) is 46.0 Å². The fourth-order valence-corrected chi connectivity index (χ4v) is 1.81. The Hall–Kier alpha value is -0.850. The molecule has 14 heavy (non-hydrogen) atoms. The molecule has 1 aliphatic carbocycles. The second kappa shape index (κ2) is 5.79. The highest BCUT2D eigenvalue weighted by molar-refractivity contribution is 5.54. The summed E-state index contributed by atoms with van der Waals surface area (Å²) in [6.45, 7) is 4.27. The van der Waals surface area contributed by atoms with Gasteiger partial charge < -0.3 is 4.79 Å². The van der Waals surface area contributed by atoms with Crippen LogP contribution >= 0.6 is 0 Å². The highest BCUT2D eigenvalue weighted by Crippen LogP contribution is 2.25. The Kier molecular flexibility index (Phi) is 4.64. The number of carbonyl (C=O) groups excluding carboxylic acids is 1. The lowest BCUT2D eigenvalue weighted by molar-refractivity contribution is -0.111. The molecule has 0 heterocycles. The first-order valence-electron chi connectivity index (χ1n) is 5.49. The van der Waals surface area contributed by atoms with Crippen molar-refractivity contribution >= 4 is 6.29 Å². The van der Waals surface area contributed by atoms with E-state index >= 15 is 0 Å². The van der Waals surface area contributed by atoms with Crippen LogP contribution in [0.3, 0.4) is 0 Å². The summed E-state index contributed by atoms with van der Waals surface area (Å²) in [4.78, 5) is 10.5. The molecule has 0 aromatic carbocycles. The number of rotatable bonds is 4. The van der Waals surface area contributed by atoms with Crippen LogP contribution in [0.1, 0.15) is 46.0 Å². The van der Waals surface area contributed by atoms with Crippen LogP contribution in [-0.4, -0.2) is 6.29 Å². The SMILES string of the molecule is CC(C)=CCCC1=CC[C@@H](C=O)CC1. The monoisotopic (exact) mass is 192 g/mol. The van der Waals surface area contributed by atoms with Crippen molar-refractivity contribution in [3.8, 4) is 0 Å². The van der Waals surface area contributed by atoms with Gasteiger partial charge in [-0.1, -0.05) is 23.3 Å². The molecule has 0 N–H and O–H groups in total. The highest BCUT2D eigenvalue weighted by Gasteiger charge is 2.12. The lowest BCUT2D eigenvalue weighted by atomic mass is 9.89. The molecule has 1 rings (SSSR count). The molecule has 0 bridgehead atoms. The molecule has 0 unspecified atom stereocenters. The lowest BCUT2D eigenvalue weighted by Crippen LogP contribution is -2.06. The van der Waals surface area contributed by atoms with E-state index in [2.05, 4.69) is 26.0 Å². The van der Waals surface area contributed by atoms with Crippen molar-refractivity contribution in [3.63, 3.8) is 0 Å². The summed E-state index contributed by atoms with van der Waals surface area (Å²) in [7, 11) is 0. The van der Waals surface area contributed by atoms with Crippen LogP contribution in [0.15, 0.2) is 23.3 Å². The molecule has 0 aliphatic heterocycles. The summed E-state index contributed by atoms with van der Waals surface area (Å²) in [5.41, 5.74) is 2.94. The Morgan fingerprint density at radius 3 is 2.86 bits per heavy atom. The second-order valence-corrected chi connectivity index (χ2v) is 4.35. The Bertz CT molecular complexity index is 244. The van der Waals surface area contributed by atoms with E-state index in [1.165, 1.54) is 12.0 Å². The highest BCUT2D eigenvalue weighted by atomic mass is 16.1.